The maximum absolute atomic E-state index is 11.0. The van der Waals surface area contributed by atoms with Gasteiger partial charge in [-0.2, -0.15) is 0 Å². The second-order valence-electron chi connectivity index (χ2n) is 3.39. The highest BCUT2D eigenvalue weighted by molar-refractivity contribution is 5.80. The molecule has 2 aliphatic rings. The second kappa shape index (κ2) is 2.35. The zero-order valence-electron chi connectivity index (χ0n) is 6.10. The first-order chi connectivity index (χ1) is 4.86. The molecule has 1 N–H and O–H groups in total. The topological polar surface area (TPSA) is 29.1 Å². The fourth-order valence-corrected chi connectivity index (χ4v) is 2.10. The van der Waals surface area contributed by atoms with Gasteiger partial charge in [0, 0.05) is 18.9 Å². The molecule has 10 heavy (non-hydrogen) atoms. The Morgan fingerprint density at radius 2 is 2.30 bits per heavy atom. The van der Waals surface area contributed by atoms with Crippen molar-refractivity contribution in [1.82, 2.24) is 5.32 Å². The Balaban J connectivity index is 2.03. The predicted octanol–water partition coefficient (Wildman–Crippen LogP) is 0.718. The summed E-state index contributed by atoms with van der Waals surface area (Å²) in [5.41, 5.74) is 0. The Bertz CT molecular complexity index is 155. The van der Waals surface area contributed by atoms with Crippen molar-refractivity contribution in [2.24, 2.45) is 5.92 Å². The number of nitrogens with one attached hydrogen (secondary N) is 1. The van der Waals surface area contributed by atoms with E-state index in [0.717, 1.165) is 31.7 Å². The Labute approximate surface area is 61.0 Å². The quantitative estimate of drug-likeness (QED) is 0.535. The van der Waals surface area contributed by atoms with Crippen molar-refractivity contribution in [3.63, 3.8) is 0 Å². The fourth-order valence-electron chi connectivity index (χ4n) is 2.10. The monoisotopic (exact) mass is 139 g/mol. The normalized spacial score (nSPS) is 39.8. The lowest BCUT2D eigenvalue weighted by atomic mass is 9.85. The van der Waals surface area contributed by atoms with Crippen LogP contribution in [0.25, 0.3) is 0 Å². The molecule has 0 bridgehead atoms. The lowest BCUT2D eigenvalue weighted by Crippen LogP contribution is -2.33. The minimum atomic E-state index is 0.454. The molecule has 1 saturated heterocycles. The number of hydrogen-bond acceptors (Lipinski definition) is 2. The van der Waals surface area contributed by atoms with Gasteiger partial charge < -0.3 is 5.32 Å². The molecule has 1 heterocycles. The lowest BCUT2D eigenvalue weighted by molar-refractivity contribution is -0.121. The second-order valence-corrected chi connectivity index (χ2v) is 3.39. The van der Waals surface area contributed by atoms with E-state index in [1.54, 1.807) is 0 Å². The van der Waals surface area contributed by atoms with E-state index in [0.29, 0.717) is 11.8 Å². The van der Waals surface area contributed by atoms with E-state index in [1.807, 2.05) is 0 Å². The van der Waals surface area contributed by atoms with Gasteiger partial charge in [0.05, 0.1) is 0 Å². The molecule has 0 aromatic heterocycles. The van der Waals surface area contributed by atoms with Crippen LogP contribution < -0.4 is 5.32 Å². The zero-order valence-corrected chi connectivity index (χ0v) is 6.10. The van der Waals surface area contributed by atoms with Crippen molar-refractivity contribution < 1.29 is 4.79 Å². The third-order valence-corrected chi connectivity index (χ3v) is 2.73. The fraction of sp³-hybridized carbons (Fsp3) is 0.875. The Morgan fingerprint density at radius 1 is 1.40 bits per heavy atom. The molecular weight excluding hydrogens is 126 g/mol. The molecule has 1 aliphatic carbocycles. The first kappa shape index (κ1) is 6.35. The van der Waals surface area contributed by atoms with Crippen molar-refractivity contribution in [2.75, 3.05) is 6.54 Å². The van der Waals surface area contributed by atoms with Gasteiger partial charge >= 0.3 is 0 Å². The molecule has 0 aromatic carbocycles. The molecule has 2 rings (SSSR count). The van der Waals surface area contributed by atoms with Gasteiger partial charge in [0.2, 0.25) is 0 Å². The smallest absolute Gasteiger partial charge is 0.134 e. The van der Waals surface area contributed by atoms with Crippen LogP contribution in [0.5, 0.6) is 0 Å². The average molecular weight is 139 g/mol. The average Bonchev–Trinajstić information content (AvgIpc) is 2.33. The van der Waals surface area contributed by atoms with Gasteiger partial charge in [0.25, 0.3) is 0 Å². The third-order valence-electron chi connectivity index (χ3n) is 2.73. The van der Waals surface area contributed by atoms with E-state index in [1.165, 1.54) is 6.42 Å². The number of Topliss-reactive ketones (excluding diaryl/α,β-unsaturated/α-hetero) is 1. The standard InChI is InChI=1S/C8H13NO/c10-7-2-1-6-3-4-9-8(6)5-7/h6,8-9H,1-5H2/t6-,8-/m1/s1. The van der Waals surface area contributed by atoms with Gasteiger partial charge in [0.15, 0.2) is 0 Å². The molecule has 2 fully saturated rings. The van der Waals surface area contributed by atoms with Gasteiger partial charge in [-0.15, -0.1) is 0 Å². The van der Waals surface area contributed by atoms with Gasteiger partial charge in [-0.1, -0.05) is 0 Å². The van der Waals surface area contributed by atoms with Gasteiger partial charge in [0.1, 0.15) is 5.78 Å². The maximum atomic E-state index is 11.0. The number of ketones is 1. The Kier molecular flexibility index (Phi) is 1.49. The summed E-state index contributed by atoms with van der Waals surface area (Å²) in [6.45, 7) is 1.13. The van der Waals surface area contributed by atoms with Crippen molar-refractivity contribution in [3.05, 3.63) is 0 Å². The van der Waals surface area contributed by atoms with Crippen LogP contribution in [0.4, 0.5) is 0 Å². The molecule has 1 aliphatic heterocycles. The Hall–Kier alpha value is -0.370. The van der Waals surface area contributed by atoms with Gasteiger partial charge in [-0.25, -0.2) is 0 Å². The number of carbonyl (C=O) groups excluding carboxylic acids is 1. The molecule has 56 valence electrons. The lowest BCUT2D eigenvalue weighted by Gasteiger charge is -2.23. The number of hydrogen-bond donors (Lipinski definition) is 1. The van der Waals surface area contributed by atoms with Gasteiger partial charge in [-0.3, -0.25) is 4.79 Å². The molecule has 2 nitrogen and oxygen atoms in total. The predicted molar refractivity (Wildman–Crippen MR) is 38.8 cm³/mol. The molecule has 1 saturated carbocycles. The van der Waals surface area contributed by atoms with Crippen molar-refractivity contribution >= 4 is 5.78 Å². The van der Waals surface area contributed by atoms with E-state index in [-0.39, 0.29) is 0 Å². The summed E-state index contributed by atoms with van der Waals surface area (Å²) in [5.74, 6) is 1.27. The minimum absolute atomic E-state index is 0.454. The van der Waals surface area contributed by atoms with Crippen LogP contribution in [-0.2, 0) is 4.79 Å². The first-order valence-electron chi connectivity index (χ1n) is 4.11. The van der Waals surface area contributed by atoms with Gasteiger partial charge in [-0.05, 0) is 25.3 Å². The third kappa shape index (κ3) is 0.966. The summed E-state index contributed by atoms with van der Waals surface area (Å²) in [4.78, 5) is 11.0. The van der Waals surface area contributed by atoms with Crippen molar-refractivity contribution in [3.8, 4) is 0 Å². The SMILES string of the molecule is O=C1CC[C@@H]2CCN[C@@H]2C1. The maximum Gasteiger partial charge on any atom is 0.134 e. The van der Waals surface area contributed by atoms with Crippen LogP contribution in [0.2, 0.25) is 0 Å². The van der Waals surface area contributed by atoms with Crippen LogP contribution in [0.1, 0.15) is 25.7 Å². The molecule has 0 amide bonds. The summed E-state index contributed by atoms with van der Waals surface area (Å²) >= 11 is 0. The number of rotatable bonds is 0. The van der Waals surface area contributed by atoms with E-state index in [4.69, 9.17) is 0 Å². The molecule has 2 atom stereocenters. The molecule has 0 spiro atoms. The van der Waals surface area contributed by atoms with E-state index >= 15 is 0 Å². The van der Waals surface area contributed by atoms with Crippen LogP contribution in [0.3, 0.4) is 0 Å². The summed E-state index contributed by atoms with van der Waals surface area (Å²) in [5, 5.41) is 3.37. The highest BCUT2D eigenvalue weighted by atomic mass is 16.1. The molecular formula is C8H13NO. The molecule has 2 heteroatoms. The largest absolute Gasteiger partial charge is 0.313 e. The van der Waals surface area contributed by atoms with E-state index in [2.05, 4.69) is 5.32 Å². The van der Waals surface area contributed by atoms with Crippen LogP contribution in [0.15, 0.2) is 0 Å². The zero-order chi connectivity index (χ0) is 6.97. The first-order valence-corrected chi connectivity index (χ1v) is 4.11. The summed E-state index contributed by atoms with van der Waals surface area (Å²) in [6.07, 6.45) is 4.06. The highest BCUT2D eigenvalue weighted by Crippen LogP contribution is 2.28. The number of fused-ring (bicyclic) bond motifs is 1. The molecule has 0 aromatic rings. The van der Waals surface area contributed by atoms with Crippen LogP contribution >= 0.6 is 0 Å². The number of carbonyl (C=O) groups is 1. The summed E-state index contributed by atoms with van der Waals surface area (Å²) in [6, 6.07) is 0.543. The molecule has 0 radical (unpaired) electrons. The highest BCUT2D eigenvalue weighted by Gasteiger charge is 2.32. The minimum Gasteiger partial charge on any atom is -0.313 e. The Morgan fingerprint density at radius 3 is 3.20 bits per heavy atom. The van der Waals surface area contributed by atoms with E-state index in [9.17, 15) is 4.79 Å². The van der Waals surface area contributed by atoms with Crippen LogP contribution in [-0.4, -0.2) is 18.4 Å². The summed E-state index contributed by atoms with van der Waals surface area (Å²) < 4.78 is 0. The summed E-state index contributed by atoms with van der Waals surface area (Å²) in [7, 11) is 0. The molecule has 0 unspecified atom stereocenters. The van der Waals surface area contributed by atoms with Crippen molar-refractivity contribution in [2.45, 2.75) is 31.7 Å². The van der Waals surface area contributed by atoms with Crippen molar-refractivity contribution in [1.29, 1.82) is 0 Å². The van der Waals surface area contributed by atoms with Crippen LogP contribution in [0, 0.1) is 5.92 Å². The van der Waals surface area contributed by atoms with E-state index < -0.39 is 0 Å².